The molecule has 0 aliphatic heterocycles. The molecule has 20 heavy (non-hydrogen) atoms. The molecule has 2 aromatic heterocycles. The summed E-state index contributed by atoms with van der Waals surface area (Å²) in [5, 5.41) is 12.2. The van der Waals surface area contributed by atoms with Crippen LogP contribution in [-0.4, -0.2) is 16.2 Å². The number of aryl methyl sites for hydroxylation is 1. The highest BCUT2D eigenvalue weighted by atomic mass is 32.1. The lowest BCUT2D eigenvalue weighted by atomic mass is 10.1. The average molecular weight is 285 g/mol. The van der Waals surface area contributed by atoms with Crippen molar-refractivity contribution < 1.29 is 9.42 Å². The Morgan fingerprint density at radius 2 is 2.00 bits per heavy atom. The highest BCUT2D eigenvalue weighted by molar-refractivity contribution is 7.13. The zero-order valence-electron chi connectivity index (χ0n) is 10.7. The number of carbonyl (C=O) groups excluding carboxylic acids is 1. The summed E-state index contributed by atoms with van der Waals surface area (Å²) in [5.74, 6) is 0.0940. The highest BCUT2D eigenvalue weighted by Gasteiger charge is 2.16. The molecule has 3 aromatic rings. The predicted octanol–water partition coefficient (Wildman–Crippen LogP) is 3.36. The van der Waals surface area contributed by atoms with Gasteiger partial charge in [-0.25, -0.2) is 4.63 Å². The maximum atomic E-state index is 12.1. The van der Waals surface area contributed by atoms with Gasteiger partial charge in [0, 0.05) is 5.56 Å². The standard InChI is InChI=1S/C14H11N3O2S/c1-9-4-6-10(7-5-9)14(18)15-13-12(16-19-17-13)11-3-2-8-20-11/h2-8H,1H3,(H,15,17,18). The normalized spacial score (nSPS) is 10.4. The van der Waals surface area contributed by atoms with Gasteiger partial charge in [0.25, 0.3) is 5.91 Å². The summed E-state index contributed by atoms with van der Waals surface area (Å²) in [4.78, 5) is 13.0. The molecule has 0 atom stereocenters. The van der Waals surface area contributed by atoms with E-state index in [-0.39, 0.29) is 5.91 Å². The number of hydrogen-bond donors (Lipinski definition) is 1. The molecule has 0 radical (unpaired) electrons. The van der Waals surface area contributed by atoms with Crippen molar-refractivity contribution in [3.05, 3.63) is 52.9 Å². The van der Waals surface area contributed by atoms with Crippen molar-refractivity contribution >= 4 is 23.1 Å². The van der Waals surface area contributed by atoms with Crippen molar-refractivity contribution in [3.63, 3.8) is 0 Å². The van der Waals surface area contributed by atoms with E-state index in [1.54, 1.807) is 12.1 Å². The number of hydrogen-bond acceptors (Lipinski definition) is 5. The average Bonchev–Trinajstić information content (AvgIpc) is 3.09. The fourth-order valence-electron chi connectivity index (χ4n) is 1.73. The van der Waals surface area contributed by atoms with E-state index in [0.29, 0.717) is 17.1 Å². The van der Waals surface area contributed by atoms with E-state index in [9.17, 15) is 4.79 Å². The van der Waals surface area contributed by atoms with Crippen LogP contribution in [0.2, 0.25) is 0 Å². The Labute approximate surface area is 119 Å². The third-order valence-electron chi connectivity index (χ3n) is 2.79. The molecule has 0 fully saturated rings. The number of anilines is 1. The first-order valence-corrected chi connectivity index (χ1v) is 6.86. The summed E-state index contributed by atoms with van der Waals surface area (Å²) in [6, 6.07) is 11.1. The zero-order chi connectivity index (χ0) is 13.9. The summed E-state index contributed by atoms with van der Waals surface area (Å²) in [6.45, 7) is 1.97. The molecule has 3 rings (SSSR count). The minimum absolute atomic E-state index is 0.237. The second kappa shape index (κ2) is 5.26. The number of rotatable bonds is 3. The van der Waals surface area contributed by atoms with Crippen LogP contribution in [0.5, 0.6) is 0 Å². The van der Waals surface area contributed by atoms with Crippen LogP contribution in [0.4, 0.5) is 5.82 Å². The van der Waals surface area contributed by atoms with Gasteiger partial charge in [-0.15, -0.1) is 11.3 Å². The number of thiophene rings is 1. The van der Waals surface area contributed by atoms with Crippen molar-refractivity contribution in [3.8, 4) is 10.6 Å². The van der Waals surface area contributed by atoms with Crippen molar-refractivity contribution in [1.29, 1.82) is 0 Å². The molecule has 1 aromatic carbocycles. The zero-order valence-corrected chi connectivity index (χ0v) is 11.5. The lowest BCUT2D eigenvalue weighted by Crippen LogP contribution is -2.12. The fraction of sp³-hybridized carbons (Fsp3) is 0.0714. The second-order valence-corrected chi connectivity index (χ2v) is 5.21. The lowest BCUT2D eigenvalue weighted by molar-refractivity contribution is 0.102. The van der Waals surface area contributed by atoms with Crippen LogP contribution >= 0.6 is 11.3 Å². The molecule has 0 aliphatic carbocycles. The molecule has 6 heteroatoms. The Bertz CT molecular complexity index is 717. The first-order chi connectivity index (χ1) is 9.74. The van der Waals surface area contributed by atoms with Crippen molar-refractivity contribution in [2.45, 2.75) is 6.92 Å². The van der Waals surface area contributed by atoms with Gasteiger partial charge < -0.3 is 5.32 Å². The van der Waals surface area contributed by atoms with E-state index in [4.69, 9.17) is 4.63 Å². The third-order valence-corrected chi connectivity index (χ3v) is 3.67. The van der Waals surface area contributed by atoms with Gasteiger partial charge in [-0.1, -0.05) is 23.8 Å². The molecule has 100 valence electrons. The predicted molar refractivity (Wildman–Crippen MR) is 76.7 cm³/mol. The van der Waals surface area contributed by atoms with Crippen LogP contribution in [0.25, 0.3) is 10.6 Å². The SMILES string of the molecule is Cc1ccc(C(=O)Nc2nonc2-c2cccs2)cc1. The minimum Gasteiger partial charge on any atom is -0.302 e. The van der Waals surface area contributed by atoms with Gasteiger partial charge in [-0.2, -0.15) is 0 Å². The monoisotopic (exact) mass is 285 g/mol. The first kappa shape index (κ1) is 12.6. The highest BCUT2D eigenvalue weighted by Crippen LogP contribution is 2.28. The summed E-state index contributed by atoms with van der Waals surface area (Å²) in [6.07, 6.45) is 0. The topological polar surface area (TPSA) is 68.0 Å². The number of nitrogens with zero attached hydrogens (tertiary/aromatic N) is 2. The number of amides is 1. The maximum absolute atomic E-state index is 12.1. The fourth-order valence-corrected chi connectivity index (χ4v) is 2.44. The molecular weight excluding hydrogens is 274 g/mol. The van der Waals surface area contributed by atoms with E-state index in [1.807, 2.05) is 36.6 Å². The van der Waals surface area contributed by atoms with Crippen molar-refractivity contribution in [2.24, 2.45) is 0 Å². The molecule has 5 nitrogen and oxygen atoms in total. The van der Waals surface area contributed by atoms with Crippen LogP contribution in [0.3, 0.4) is 0 Å². The molecule has 0 spiro atoms. The van der Waals surface area contributed by atoms with Gasteiger partial charge in [0.2, 0.25) is 5.82 Å². The molecular formula is C14H11N3O2S. The van der Waals surface area contributed by atoms with Gasteiger partial charge in [-0.05, 0) is 40.8 Å². The Kier molecular flexibility index (Phi) is 3.30. The van der Waals surface area contributed by atoms with Crippen LogP contribution in [0.15, 0.2) is 46.4 Å². The molecule has 0 saturated carbocycles. The number of aromatic nitrogens is 2. The molecule has 2 heterocycles. The van der Waals surface area contributed by atoms with Crippen molar-refractivity contribution in [1.82, 2.24) is 10.3 Å². The quantitative estimate of drug-likeness (QED) is 0.801. The van der Waals surface area contributed by atoms with E-state index in [1.165, 1.54) is 11.3 Å². The third kappa shape index (κ3) is 2.46. The van der Waals surface area contributed by atoms with Gasteiger partial charge in [0.05, 0.1) is 4.88 Å². The van der Waals surface area contributed by atoms with Crippen molar-refractivity contribution in [2.75, 3.05) is 5.32 Å². The summed E-state index contributed by atoms with van der Waals surface area (Å²) in [5.41, 5.74) is 2.21. The largest absolute Gasteiger partial charge is 0.302 e. The Morgan fingerprint density at radius 1 is 1.20 bits per heavy atom. The van der Waals surface area contributed by atoms with Gasteiger partial charge in [0.15, 0.2) is 5.69 Å². The van der Waals surface area contributed by atoms with Crippen LogP contribution in [0, 0.1) is 6.92 Å². The molecule has 0 aliphatic rings. The molecule has 0 bridgehead atoms. The molecule has 1 N–H and O–H groups in total. The maximum Gasteiger partial charge on any atom is 0.256 e. The van der Waals surface area contributed by atoms with E-state index in [2.05, 4.69) is 15.6 Å². The first-order valence-electron chi connectivity index (χ1n) is 5.98. The Balaban J connectivity index is 1.83. The van der Waals surface area contributed by atoms with E-state index in [0.717, 1.165) is 10.4 Å². The smallest absolute Gasteiger partial charge is 0.256 e. The van der Waals surface area contributed by atoms with E-state index < -0.39 is 0 Å². The number of carbonyl (C=O) groups is 1. The van der Waals surface area contributed by atoms with Crippen LogP contribution < -0.4 is 5.32 Å². The summed E-state index contributed by atoms with van der Waals surface area (Å²) >= 11 is 1.51. The lowest BCUT2D eigenvalue weighted by Gasteiger charge is -2.02. The Morgan fingerprint density at radius 3 is 2.70 bits per heavy atom. The second-order valence-electron chi connectivity index (χ2n) is 4.26. The molecule has 0 unspecified atom stereocenters. The number of benzene rings is 1. The van der Waals surface area contributed by atoms with Gasteiger partial charge >= 0.3 is 0 Å². The summed E-state index contributed by atoms with van der Waals surface area (Å²) in [7, 11) is 0. The molecule has 0 saturated heterocycles. The van der Waals surface area contributed by atoms with Gasteiger partial charge in [0.1, 0.15) is 0 Å². The Hall–Kier alpha value is -2.47. The van der Waals surface area contributed by atoms with Gasteiger partial charge in [-0.3, -0.25) is 4.79 Å². The summed E-state index contributed by atoms with van der Waals surface area (Å²) < 4.78 is 4.72. The minimum atomic E-state index is -0.237. The van der Waals surface area contributed by atoms with Crippen LogP contribution in [-0.2, 0) is 0 Å². The number of nitrogens with one attached hydrogen (secondary N) is 1. The van der Waals surface area contributed by atoms with E-state index >= 15 is 0 Å². The molecule has 1 amide bonds. The van der Waals surface area contributed by atoms with Crippen LogP contribution in [0.1, 0.15) is 15.9 Å².